The zero-order valence-corrected chi connectivity index (χ0v) is 10.4. The molecule has 1 aliphatic carbocycles. The minimum absolute atomic E-state index is 0.429. The van der Waals surface area contributed by atoms with Crippen molar-refractivity contribution in [3.05, 3.63) is 5.92 Å². The zero-order valence-electron chi connectivity index (χ0n) is 10.4. The molecule has 77 valence electrons. The van der Waals surface area contributed by atoms with Crippen LogP contribution in [0.3, 0.4) is 0 Å². The summed E-state index contributed by atoms with van der Waals surface area (Å²) in [7, 11) is 0. The fraction of sp³-hybridized carbons (Fsp3) is 0.923. The Bertz CT molecular complexity index is 157. The first-order chi connectivity index (χ1) is 5.69. The lowest BCUT2D eigenvalue weighted by Crippen LogP contribution is -2.15. The van der Waals surface area contributed by atoms with E-state index in [0.29, 0.717) is 10.8 Å². The largest absolute Gasteiger partial charge is 0.0651 e. The third-order valence-corrected chi connectivity index (χ3v) is 3.27. The number of hydrogen-bond donors (Lipinski definition) is 0. The molecule has 13 heavy (non-hydrogen) atoms. The van der Waals surface area contributed by atoms with Crippen LogP contribution in [-0.4, -0.2) is 0 Å². The van der Waals surface area contributed by atoms with Crippen molar-refractivity contribution >= 4 is 0 Å². The summed E-state index contributed by atoms with van der Waals surface area (Å²) in [5.41, 5.74) is 0.905. The van der Waals surface area contributed by atoms with Crippen molar-refractivity contribution in [3.8, 4) is 0 Å². The Morgan fingerprint density at radius 1 is 1.00 bits per heavy atom. The highest BCUT2D eigenvalue weighted by Crippen LogP contribution is 2.66. The normalized spacial score (nSPS) is 30.7. The zero-order chi connectivity index (χ0) is 10.4. The Kier molecular flexibility index (Phi) is 2.56. The first-order valence-corrected chi connectivity index (χ1v) is 5.56. The van der Waals surface area contributed by atoms with E-state index in [1.807, 2.05) is 5.92 Å². The molecule has 1 rings (SSSR count). The average Bonchev–Trinajstić information content (AvgIpc) is 2.56. The summed E-state index contributed by atoms with van der Waals surface area (Å²) in [5.74, 6) is 3.58. The molecule has 0 heterocycles. The summed E-state index contributed by atoms with van der Waals surface area (Å²) in [6.45, 7) is 16.5. The van der Waals surface area contributed by atoms with Crippen LogP contribution < -0.4 is 0 Å². The maximum absolute atomic E-state index is 2.37. The van der Waals surface area contributed by atoms with Gasteiger partial charge in [0.2, 0.25) is 0 Å². The van der Waals surface area contributed by atoms with Gasteiger partial charge in [-0.05, 0) is 28.6 Å². The highest BCUT2D eigenvalue weighted by atomic mass is 14.6. The fourth-order valence-electron chi connectivity index (χ4n) is 2.87. The Balaban J connectivity index is 2.71. The SMILES string of the molecule is CCC1[C](C(C)(C)C)C1C(C)(C)C. The highest BCUT2D eigenvalue weighted by Gasteiger charge is 2.59. The van der Waals surface area contributed by atoms with Crippen molar-refractivity contribution < 1.29 is 0 Å². The molecular formula is C13H25. The summed E-state index contributed by atoms with van der Waals surface area (Å²) in [6.07, 6.45) is 1.33. The molecule has 0 amide bonds. The van der Waals surface area contributed by atoms with Crippen molar-refractivity contribution in [1.82, 2.24) is 0 Å². The standard InChI is InChI=1S/C13H25/c1-8-9-10(12(2,3)4)11(9)13(5,6)7/h9-10H,8H2,1-7H3. The van der Waals surface area contributed by atoms with Gasteiger partial charge >= 0.3 is 0 Å². The van der Waals surface area contributed by atoms with Crippen molar-refractivity contribution in [1.29, 1.82) is 0 Å². The van der Waals surface area contributed by atoms with Crippen LogP contribution in [0.5, 0.6) is 0 Å². The van der Waals surface area contributed by atoms with E-state index in [1.165, 1.54) is 6.42 Å². The predicted molar refractivity (Wildman–Crippen MR) is 59.4 cm³/mol. The summed E-state index contributed by atoms with van der Waals surface area (Å²) in [4.78, 5) is 0. The van der Waals surface area contributed by atoms with E-state index < -0.39 is 0 Å². The third-order valence-electron chi connectivity index (χ3n) is 3.27. The van der Waals surface area contributed by atoms with Crippen molar-refractivity contribution in [3.63, 3.8) is 0 Å². The Morgan fingerprint density at radius 3 is 1.54 bits per heavy atom. The smallest absolute Gasteiger partial charge is 0.0114 e. The second-order valence-electron chi connectivity index (χ2n) is 6.56. The molecule has 0 nitrogen and oxygen atoms in total. The van der Waals surface area contributed by atoms with E-state index in [4.69, 9.17) is 0 Å². The van der Waals surface area contributed by atoms with Crippen LogP contribution in [0.2, 0.25) is 0 Å². The summed E-state index contributed by atoms with van der Waals surface area (Å²) >= 11 is 0. The topological polar surface area (TPSA) is 0 Å². The van der Waals surface area contributed by atoms with E-state index in [0.717, 1.165) is 11.8 Å². The molecule has 1 aliphatic rings. The van der Waals surface area contributed by atoms with Gasteiger partial charge in [0.15, 0.2) is 0 Å². The fourth-order valence-corrected chi connectivity index (χ4v) is 2.87. The van der Waals surface area contributed by atoms with Crippen molar-refractivity contribution in [2.75, 3.05) is 0 Å². The molecule has 2 atom stereocenters. The quantitative estimate of drug-likeness (QED) is 0.565. The molecule has 0 bridgehead atoms. The molecule has 0 heteroatoms. The van der Waals surface area contributed by atoms with Crippen LogP contribution in [0.15, 0.2) is 0 Å². The van der Waals surface area contributed by atoms with E-state index in [-0.39, 0.29) is 0 Å². The Hall–Kier alpha value is 0. The lowest BCUT2D eigenvalue weighted by Gasteiger charge is -2.23. The van der Waals surface area contributed by atoms with E-state index in [1.54, 1.807) is 0 Å². The molecule has 2 unspecified atom stereocenters. The molecule has 0 saturated heterocycles. The first kappa shape index (κ1) is 11.1. The molecule has 0 aromatic heterocycles. The van der Waals surface area contributed by atoms with Crippen LogP contribution >= 0.6 is 0 Å². The number of hydrogen-bond acceptors (Lipinski definition) is 0. The third kappa shape index (κ3) is 2.08. The molecule has 0 N–H and O–H groups in total. The average molecular weight is 181 g/mol. The Labute approximate surface area is 84.1 Å². The van der Waals surface area contributed by atoms with Crippen LogP contribution in [0.25, 0.3) is 0 Å². The minimum Gasteiger partial charge on any atom is -0.0651 e. The van der Waals surface area contributed by atoms with Crippen molar-refractivity contribution in [2.24, 2.45) is 22.7 Å². The van der Waals surface area contributed by atoms with Gasteiger partial charge in [-0.1, -0.05) is 54.9 Å². The van der Waals surface area contributed by atoms with Gasteiger partial charge in [0, 0.05) is 0 Å². The van der Waals surface area contributed by atoms with Gasteiger partial charge in [-0.3, -0.25) is 0 Å². The molecule has 1 fully saturated rings. The van der Waals surface area contributed by atoms with Gasteiger partial charge < -0.3 is 0 Å². The summed E-state index contributed by atoms with van der Waals surface area (Å²) in [6, 6.07) is 0. The lowest BCUT2D eigenvalue weighted by molar-refractivity contribution is 0.316. The first-order valence-electron chi connectivity index (χ1n) is 5.56. The molecule has 0 spiro atoms. The van der Waals surface area contributed by atoms with Crippen LogP contribution in [-0.2, 0) is 0 Å². The molecular weight excluding hydrogens is 156 g/mol. The van der Waals surface area contributed by atoms with Gasteiger partial charge in [-0.2, -0.15) is 0 Å². The minimum atomic E-state index is 0.429. The van der Waals surface area contributed by atoms with Gasteiger partial charge in [-0.15, -0.1) is 0 Å². The summed E-state index contributed by atoms with van der Waals surface area (Å²) in [5, 5.41) is 0. The molecule has 1 radical (unpaired) electrons. The monoisotopic (exact) mass is 181 g/mol. The van der Waals surface area contributed by atoms with Crippen LogP contribution in [0, 0.1) is 28.6 Å². The maximum atomic E-state index is 2.37. The predicted octanol–water partition coefficient (Wildman–Crippen LogP) is 4.31. The second-order valence-corrected chi connectivity index (χ2v) is 6.56. The summed E-state index contributed by atoms with van der Waals surface area (Å²) < 4.78 is 0. The van der Waals surface area contributed by atoms with E-state index >= 15 is 0 Å². The van der Waals surface area contributed by atoms with Gasteiger partial charge in [0.05, 0.1) is 0 Å². The van der Waals surface area contributed by atoms with Crippen molar-refractivity contribution in [2.45, 2.75) is 54.9 Å². The molecule has 0 aliphatic heterocycles. The Morgan fingerprint density at radius 2 is 1.46 bits per heavy atom. The highest BCUT2D eigenvalue weighted by molar-refractivity contribution is 5.29. The molecule has 0 aromatic rings. The van der Waals surface area contributed by atoms with Gasteiger partial charge in [0.25, 0.3) is 0 Å². The lowest BCUT2D eigenvalue weighted by atomic mass is 9.81. The second kappa shape index (κ2) is 3.00. The number of rotatable bonds is 1. The maximum Gasteiger partial charge on any atom is -0.0114 e. The van der Waals surface area contributed by atoms with Gasteiger partial charge in [-0.25, -0.2) is 0 Å². The van der Waals surface area contributed by atoms with Crippen LogP contribution in [0.1, 0.15) is 54.9 Å². The van der Waals surface area contributed by atoms with E-state index in [9.17, 15) is 0 Å². The molecule has 1 saturated carbocycles. The molecule has 0 aromatic carbocycles. The van der Waals surface area contributed by atoms with Crippen LogP contribution in [0.4, 0.5) is 0 Å². The van der Waals surface area contributed by atoms with Gasteiger partial charge in [0.1, 0.15) is 0 Å². The van der Waals surface area contributed by atoms with E-state index in [2.05, 4.69) is 48.5 Å².